The van der Waals surface area contributed by atoms with Gasteiger partial charge in [0.25, 0.3) is 5.24 Å². The highest BCUT2D eigenvalue weighted by atomic mass is 35.5. The van der Waals surface area contributed by atoms with Crippen LogP contribution in [0.3, 0.4) is 0 Å². The number of ether oxygens (including phenoxy) is 2. The smallest absolute Gasteiger partial charge is 0.273 e. The molecular formula is C15H16ClN3O3. The molecule has 1 atom stereocenters. The van der Waals surface area contributed by atoms with Crippen molar-refractivity contribution in [2.45, 2.75) is 6.04 Å². The van der Waals surface area contributed by atoms with Crippen LogP contribution in [0.5, 0.6) is 5.75 Å². The van der Waals surface area contributed by atoms with E-state index in [9.17, 15) is 4.79 Å². The van der Waals surface area contributed by atoms with Gasteiger partial charge in [-0.15, -0.1) is 0 Å². The maximum atomic E-state index is 11.6. The van der Waals surface area contributed by atoms with E-state index in [-0.39, 0.29) is 6.04 Å². The predicted molar refractivity (Wildman–Crippen MR) is 81.7 cm³/mol. The van der Waals surface area contributed by atoms with Gasteiger partial charge in [-0.25, -0.2) is 0 Å². The first-order chi connectivity index (χ1) is 10.7. The van der Waals surface area contributed by atoms with Crippen molar-refractivity contribution in [1.82, 2.24) is 14.7 Å². The Balaban J connectivity index is 1.73. The maximum Gasteiger partial charge on any atom is 0.273 e. The molecule has 0 aliphatic carbocycles. The predicted octanol–water partition coefficient (Wildman–Crippen LogP) is 1.68. The number of rotatable bonds is 3. The first kappa shape index (κ1) is 14.0. The fraction of sp³-hybridized carbons (Fsp3) is 0.467. The minimum atomic E-state index is -0.534. The fourth-order valence-electron chi connectivity index (χ4n) is 3.16. The average Bonchev–Trinajstić information content (AvgIpc) is 2.93. The quantitative estimate of drug-likeness (QED) is 0.805. The molecule has 0 N–H and O–H groups in total. The highest BCUT2D eigenvalue weighted by Gasteiger charge is 2.29. The van der Waals surface area contributed by atoms with Crippen LogP contribution in [-0.2, 0) is 4.74 Å². The molecule has 2 aromatic rings. The second-order valence-electron chi connectivity index (χ2n) is 5.60. The third-order valence-corrected chi connectivity index (χ3v) is 4.41. The molecule has 7 heteroatoms. The van der Waals surface area contributed by atoms with Crippen molar-refractivity contribution < 1.29 is 14.3 Å². The van der Waals surface area contributed by atoms with Gasteiger partial charge in [0.2, 0.25) is 0 Å². The molecule has 0 amide bonds. The summed E-state index contributed by atoms with van der Waals surface area (Å²) in [7, 11) is 0. The lowest BCUT2D eigenvalue weighted by molar-refractivity contribution is 0.0262. The molecule has 0 radical (unpaired) electrons. The van der Waals surface area contributed by atoms with Crippen molar-refractivity contribution in [3.63, 3.8) is 0 Å². The summed E-state index contributed by atoms with van der Waals surface area (Å²) >= 11 is 5.68. The summed E-state index contributed by atoms with van der Waals surface area (Å²) in [5.41, 5.74) is 1.16. The number of halogens is 1. The average molecular weight is 322 g/mol. The molecule has 0 saturated carbocycles. The number of benzene rings is 1. The molecule has 0 unspecified atom stereocenters. The molecule has 3 heterocycles. The Kier molecular flexibility index (Phi) is 3.52. The summed E-state index contributed by atoms with van der Waals surface area (Å²) in [6.07, 6.45) is 0. The van der Waals surface area contributed by atoms with Gasteiger partial charge in [0.1, 0.15) is 17.9 Å². The summed E-state index contributed by atoms with van der Waals surface area (Å²) in [6.45, 7) is 4.69. The summed E-state index contributed by atoms with van der Waals surface area (Å²) in [5.74, 6) is 0.757. The highest BCUT2D eigenvalue weighted by molar-refractivity contribution is 6.68. The number of hydrogen-bond acceptors (Lipinski definition) is 5. The first-order valence-corrected chi connectivity index (χ1v) is 7.76. The molecule has 2 aliphatic heterocycles. The lowest BCUT2D eigenvalue weighted by atomic mass is 10.1. The number of carbonyl (C=O) groups excluding carboxylic acids is 1. The molecule has 0 spiro atoms. The monoisotopic (exact) mass is 321 g/mol. The van der Waals surface area contributed by atoms with E-state index in [0.29, 0.717) is 12.3 Å². The van der Waals surface area contributed by atoms with Gasteiger partial charge in [0.05, 0.1) is 19.3 Å². The summed E-state index contributed by atoms with van der Waals surface area (Å²) in [6, 6.07) is 5.68. The van der Waals surface area contributed by atoms with Gasteiger partial charge in [-0.05, 0) is 17.7 Å². The zero-order chi connectivity index (χ0) is 15.1. The molecule has 22 heavy (non-hydrogen) atoms. The molecular weight excluding hydrogens is 306 g/mol. The first-order valence-electron chi connectivity index (χ1n) is 7.38. The van der Waals surface area contributed by atoms with Crippen molar-refractivity contribution in [3.05, 3.63) is 23.9 Å². The minimum absolute atomic E-state index is 0.0697. The van der Waals surface area contributed by atoms with Gasteiger partial charge in [0.15, 0.2) is 5.69 Å². The molecule has 0 bridgehead atoms. The lowest BCUT2D eigenvalue weighted by Crippen LogP contribution is -2.42. The van der Waals surface area contributed by atoms with Gasteiger partial charge < -0.3 is 9.47 Å². The second-order valence-corrected chi connectivity index (χ2v) is 5.94. The van der Waals surface area contributed by atoms with Crippen molar-refractivity contribution in [2.75, 3.05) is 39.5 Å². The maximum absolute atomic E-state index is 11.6. The second kappa shape index (κ2) is 5.53. The van der Waals surface area contributed by atoms with E-state index in [0.717, 1.165) is 49.5 Å². The molecule has 116 valence electrons. The van der Waals surface area contributed by atoms with Crippen molar-refractivity contribution in [2.24, 2.45) is 0 Å². The van der Waals surface area contributed by atoms with Crippen molar-refractivity contribution in [3.8, 4) is 5.75 Å². The Hall–Kier alpha value is -1.63. The third kappa shape index (κ3) is 2.27. The number of hydrogen-bond donors (Lipinski definition) is 0. The summed E-state index contributed by atoms with van der Waals surface area (Å²) < 4.78 is 13.2. The Bertz CT molecular complexity index is 724. The lowest BCUT2D eigenvalue weighted by Gasteiger charge is -2.32. The topological polar surface area (TPSA) is 56.6 Å². The van der Waals surface area contributed by atoms with Crippen molar-refractivity contribution >= 4 is 27.7 Å². The van der Waals surface area contributed by atoms with E-state index >= 15 is 0 Å². The van der Waals surface area contributed by atoms with Gasteiger partial charge in [-0.2, -0.15) is 5.10 Å². The standard InChI is InChI=1S/C15H16ClN3O3/c16-15(20)13-11-2-1-3-12-14(11)19(17-13)10(9-22-12)8-18-4-6-21-7-5-18/h1-3,10H,4-9H2/t10-/m1/s1. The Morgan fingerprint density at radius 2 is 2.18 bits per heavy atom. The summed E-state index contributed by atoms with van der Waals surface area (Å²) in [4.78, 5) is 14.0. The fourth-order valence-corrected chi connectivity index (χ4v) is 3.30. The Morgan fingerprint density at radius 1 is 1.36 bits per heavy atom. The zero-order valence-corrected chi connectivity index (χ0v) is 12.8. The number of carbonyl (C=O) groups is 1. The van der Waals surface area contributed by atoms with Crippen LogP contribution in [0.1, 0.15) is 16.5 Å². The highest BCUT2D eigenvalue weighted by Crippen LogP contribution is 2.35. The van der Waals surface area contributed by atoms with Gasteiger partial charge in [-0.3, -0.25) is 14.4 Å². The van der Waals surface area contributed by atoms with Crippen LogP contribution in [-0.4, -0.2) is 59.4 Å². The van der Waals surface area contributed by atoms with E-state index in [1.807, 2.05) is 22.9 Å². The van der Waals surface area contributed by atoms with E-state index < -0.39 is 5.24 Å². The molecule has 6 nitrogen and oxygen atoms in total. The zero-order valence-electron chi connectivity index (χ0n) is 12.0. The van der Waals surface area contributed by atoms with Crippen molar-refractivity contribution in [1.29, 1.82) is 0 Å². The normalized spacial score (nSPS) is 21.8. The largest absolute Gasteiger partial charge is 0.489 e. The molecule has 4 rings (SSSR count). The van der Waals surface area contributed by atoms with Gasteiger partial charge in [-0.1, -0.05) is 12.1 Å². The van der Waals surface area contributed by atoms with Crippen LogP contribution in [0.4, 0.5) is 0 Å². The van der Waals surface area contributed by atoms with Gasteiger partial charge in [0, 0.05) is 25.0 Å². The van der Waals surface area contributed by atoms with E-state index in [1.165, 1.54) is 0 Å². The number of nitrogens with zero attached hydrogens (tertiary/aromatic N) is 3. The molecule has 1 fully saturated rings. The SMILES string of the molecule is O=C(Cl)c1nn2c3c(cccc13)OC[C@H]2CN1CCOCC1. The van der Waals surface area contributed by atoms with E-state index in [1.54, 1.807) is 0 Å². The third-order valence-electron chi connectivity index (χ3n) is 4.23. The Morgan fingerprint density at radius 3 is 2.95 bits per heavy atom. The van der Waals surface area contributed by atoms with E-state index in [2.05, 4.69) is 10.00 Å². The molecule has 1 saturated heterocycles. The Labute approximate surface area is 132 Å². The number of aromatic nitrogens is 2. The van der Waals surface area contributed by atoms with Crippen LogP contribution in [0, 0.1) is 0 Å². The summed E-state index contributed by atoms with van der Waals surface area (Å²) in [5, 5.41) is 4.68. The van der Waals surface area contributed by atoms with Crippen LogP contribution in [0.25, 0.3) is 10.9 Å². The van der Waals surface area contributed by atoms with Crippen LogP contribution in [0.15, 0.2) is 18.2 Å². The molecule has 1 aromatic heterocycles. The molecule has 1 aromatic carbocycles. The minimum Gasteiger partial charge on any atom is -0.489 e. The number of para-hydroxylation sites is 1. The molecule has 2 aliphatic rings. The van der Waals surface area contributed by atoms with Crippen LogP contribution >= 0.6 is 11.6 Å². The van der Waals surface area contributed by atoms with Crippen LogP contribution in [0.2, 0.25) is 0 Å². The van der Waals surface area contributed by atoms with E-state index in [4.69, 9.17) is 21.1 Å². The van der Waals surface area contributed by atoms with Gasteiger partial charge >= 0.3 is 0 Å². The van der Waals surface area contributed by atoms with Crippen LogP contribution < -0.4 is 4.74 Å². The number of morpholine rings is 1.